The van der Waals surface area contributed by atoms with Crippen LogP contribution in [0.3, 0.4) is 0 Å². The minimum absolute atomic E-state index is 0.447. The van der Waals surface area contributed by atoms with Crippen LogP contribution in [0.1, 0.15) is 23.2 Å². The van der Waals surface area contributed by atoms with Crippen LogP contribution >= 0.6 is 0 Å². The van der Waals surface area contributed by atoms with Crippen LogP contribution in [0.4, 0.5) is 0 Å². The topological polar surface area (TPSA) is 58.0 Å². The monoisotopic (exact) mass is 323 g/mol. The fourth-order valence-electron chi connectivity index (χ4n) is 2.69. The van der Waals surface area contributed by atoms with Crippen LogP contribution in [-0.4, -0.2) is 34.0 Å². The van der Waals surface area contributed by atoms with Gasteiger partial charge in [-0.15, -0.1) is 0 Å². The van der Waals surface area contributed by atoms with Crippen molar-refractivity contribution in [3.63, 3.8) is 0 Å². The van der Waals surface area contributed by atoms with E-state index in [0.29, 0.717) is 29.6 Å². The number of nitrogens with zero attached hydrogens (tertiary/aromatic N) is 3. The van der Waals surface area contributed by atoms with Gasteiger partial charge in [0.05, 0.1) is 5.56 Å². The molecule has 0 atom stereocenters. The lowest BCUT2D eigenvalue weighted by atomic mass is 10.1. The first-order valence-corrected chi connectivity index (χ1v) is 8.02. The summed E-state index contributed by atoms with van der Waals surface area (Å²) in [5, 5.41) is 13.1. The van der Waals surface area contributed by atoms with Gasteiger partial charge < -0.3 is 14.8 Å². The van der Waals surface area contributed by atoms with Crippen LogP contribution in [0.15, 0.2) is 53.7 Å². The van der Waals surface area contributed by atoms with E-state index in [-0.39, 0.29) is 0 Å². The summed E-state index contributed by atoms with van der Waals surface area (Å²) in [6, 6.07) is 11.6. The molecule has 0 saturated heterocycles. The highest BCUT2D eigenvalue weighted by Gasteiger charge is 2.20. The molecule has 5 nitrogen and oxygen atoms in total. The van der Waals surface area contributed by atoms with Gasteiger partial charge in [-0.3, -0.25) is 0 Å². The zero-order valence-corrected chi connectivity index (χ0v) is 13.9. The number of aromatic nitrogens is 1. The van der Waals surface area contributed by atoms with Crippen LogP contribution in [0.5, 0.6) is 11.6 Å². The van der Waals surface area contributed by atoms with Crippen molar-refractivity contribution in [2.45, 2.75) is 20.3 Å². The summed E-state index contributed by atoms with van der Waals surface area (Å²) >= 11 is 0. The zero-order chi connectivity index (χ0) is 16.9. The maximum atomic E-state index is 9.57. The summed E-state index contributed by atoms with van der Waals surface area (Å²) in [6.45, 7) is 5.43. The van der Waals surface area contributed by atoms with E-state index in [9.17, 15) is 5.21 Å². The first-order valence-electron chi connectivity index (χ1n) is 8.02. The summed E-state index contributed by atoms with van der Waals surface area (Å²) in [7, 11) is 0. The molecule has 0 spiro atoms. The molecule has 0 bridgehead atoms. The van der Waals surface area contributed by atoms with Gasteiger partial charge >= 0.3 is 0 Å². The third kappa shape index (κ3) is 3.56. The van der Waals surface area contributed by atoms with E-state index >= 15 is 0 Å². The molecule has 0 radical (unpaired) electrons. The van der Waals surface area contributed by atoms with Gasteiger partial charge in [0.1, 0.15) is 5.75 Å². The van der Waals surface area contributed by atoms with Crippen molar-refractivity contribution >= 4 is 5.84 Å². The molecule has 1 aliphatic heterocycles. The predicted octanol–water partition coefficient (Wildman–Crippen LogP) is 3.89. The molecule has 1 aliphatic rings. The molecule has 5 heteroatoms. The Hall–Kier alpha value is -2.82. The fourth-order valence-corrected chi connectivity index (χ4v) is 2.69. The Morgan fingerprint density at radius 3 is 2.79 bits per heavy atom. The van der Waals surface area contributed by atoms with Gasteiger partial charge in [0.2, 0.25) is 5.88 Å². The second-order valence-corrected chi connectivity index (χ2v) is 5.85. The van der Waals surface area contributed by atoms with Crippen LogP contribution in [-0.2, 0) is 0 Å². The Morgan fingerprint density at radius 1 is 1.21 bits per heavy atom. The first-order chi connectivity index (χ1) is 11.7. The van der Waals surface area contributed by atoms with Gasteiger partial charge in [-0.25, -0.2) is 4.98 Å². The molecule has 0 saturated carbocycles. The van der Waals surface area contributed by atoms with Gasteiger partial charge in [0, 0.05) is 18.8 Å². The van der Waals surface area contributed by atoms with E-state index < -0.39 is 0 Å². The number of oxime groups is 1. The van der Waals surface area contributed by atoms with Crippen LogP contribution in [0.2, 0.25) is 0 Å². The average Bonchev–Trinajstić information content (AvgIpc) is 2.58. The number of amidine groups is 1. The lowest BCUT2D eigenvalue weighted by molar-refractivity contribution is 0.302. The number of hydrogen-bond donors (Lipinski definition) is 1. The highest BCUT2D eigenvalue weighted by molar-refractivity contribution is 6.00. The van der Waals surface area contributed by atoms with Crippen molar-refractivity contribution in [1.29, 1.82) is 0 Å². The quantitative estimate of drug-likeness (QED) is 0.306. The lowest BCUT2D eigenvalue weighted by Gasteiger charge is -2.26. The Bertz CT molecular complexity index is 784. The molecule has 1 aromatic carbocycles. The van der Waals surface area contributed by atoms with Crippen molar-refractivity contribution in [2.24, 2.45) is 5.16 Å². The molecular weight excluding hydrogens is 302 g/mol. The fraction of sp³-hybridized carbons (Fsp3) is 0.263. The van der Waals surface area contributed by atoms with E-state index in [0.717, 1.165) is 24.2 Å². The second-order valence-electron chi connectivity index (χ2n) is 5.85. The molecule has 0 fully saturated rings. The van der Waals surface area contributed by atoms with Gasteiger partial charge in [0.25, 0.3) is 0 Å². The third-order valence-electron chi connectivity index (χ3n) is 3.90. The van der Waals surface area contributed by atoms with E-state index in [4.69, 9.17) is 4.74 Å². The minimum atomic E-state index is 0.447. The zero-order valence-electron chi connectivity index (χ0n) is 13.9. The third-order valence-corrected chi connectivity index (χ3v) is 3.90. The standard InChI is InChI=1S/C19H21N3O2/c1-14-7-6-8-16(13-14)24-19-17(10-9-15(2)20-19)18(21-23)22-11-4-3-5-12-22/h3-4,6-10,13,23H,5,11-12H2,1-2H3/b21-18-. The van der Waals surface area contributed by atoms with Crippen molar-refractivity contribution in [2.75, 3.05) is 13.1 Å². The number of benzene rings is 1. The summed E-state index contributed by atoms with van der Waals surface area (Å²) in [4.78, 5) is 6.51. The summed E-state index contributed by atoms with van der Waals surface area (Å²) in [5.74, 6) is 1.64. The number of ether oxygens (including phenoxy) is 1. The van der Waals surface area contributed by atoms with Gasteiger partial charge in [-0.05, 0) is 50.1 Å². The van der Waals surface area contributed by atoms with Gasteiger partial charge in [0.15, 0.2) is 5.84 Å². The van der Waals surface area contributed by atoms with Gasteiger partial charge in [-0.2, -0.15) is 0 Å². The molecule has 3 rings (SSSR count). The molecule has 1 aromatic heterocycles. The average molecular weight is 323 g/mol. The number of aryl methyl sites for hydroxylation is 2. The van der Waals surface area contributed by atoms with Crippen molar-refractivity contribution < 1.29 is 9.94 Å². The highest BCUT2D eigenvalue weighted by atomic mass is 16.5. The number of pyridine rings is 1. The molecule has 1 N–H and O–H groups in total. The Morgan fingerprint density at radius 2 is 2.08 bits per heavy atom. The molecule has 24 heavy (non-hydrogen) atoms. The SMILES string of the molecule is Cc1cccc(Oc2nc(C)ccc2/C(=N/O)N2CC=CCC2)c1. The Kier molecular flexibility index (Phi) is 4.79. The molecule has 2 aromatic rings. The van der Waals surface area contributed by atoms with Crippen molar-refractivity contribution in [3.05, 3.63) is 65.4 Å². The Labute approximate surface area is 141 Å². The molecule has 124 valence electrons. The smallest absolute Gasteiger partial charge is 0.230 e. The highest BCUT2D eigenvalue weighted by Crippen LogP contribution is 2.26. The van der Waals surface area contributed by atoms with E-state index in [1.165, 1.54) is 0 Å². The molecule has 0 amide bonds. The second kappa shape index (κ2) is 7.17. The Balaban J connectivity index is 1.97. The normalized spacial score (nSPS) is 14.8. The molecule has 2 heterocycles. The maximum absolute atomic E-state index is 9.57. The van der Waals surface area contributed by atoms with Crippen LogP contribution in [0.25, 0.3) is 0 Å². The molecule has 0 unspecified atom stereocenters. The number of rotatable bonds is 3. The summed E-state index contributed by atoms with van der Waals surface area (Å²) in [6.07, 6.45) is 5.12. The minimum Gasteiger partial charge on any atom is -0.438 e. The van der Waals surface area contributed by atoms with E-state index in [1.54, 1.807) is 0 Å². The molecular formula is C19H21N3O2. The predicted molar refractivity (Wildman–Crippen MR) is 93.9 cm³/mol. The van der Waals surface area contributed by atoms with Crippen LogP contribution in [0, 0.1) is 13.8 Å². The maximum Gasteiger partial charge on any atom is 0.230 e. The number of hydrogen-bond acceptors (Lipinski definition) is 4. The summed E-state index contributed by atoms with van der Waals surface area (Å²) in [5.41, 5.74) is 2.64. The van der Waals surface area contributed by atoms with Crippen LogP contribution < -0.4 is 4.74 Å². The largest absolute Gasteiger partial charge is 0.438 e. The lowest BCUT2D eigenvalue weighted by Crippen LogP contribution is -2.34. The van der Waals surface area contributed by atoms with E-state index in [2.05, 4.69) is 22.3 Å². The summed E-state index contributed by atoms with van der Waals surface area (Å²) < 4.78 is 6.00. The van der Waals surface area contributed by atoms with Crippen molar-refractivity contribution in [1.82, 2.24) is 9.88 Å². The molecule has 0 aliphatic carbocycles. The van der Waals surface area contributed by atoms with Gasteiger partial charge in [-0.1, -0.05) is 29.4 Å². The van der Waals surface area contributed by atoms with Crippen molar-refractivity contribution in [3.8, 4) is 11.6 Å². The van der Waals surface area contributed by atoms with E-state index in [1.807, 2.05) is 55.1 Å². The first kappa shape index (κ1) is 16.1.